The molecule has 1 amide bonds. The van der Waals surface area contributed by atoms with Crippen molar-refractivity contribution in [3.8, 4) is 11.5 Å². The summed E-state index contributed by atoms with van der Waals surface area (Å²) >= 11 is 0. The van der Waals surface area contributed by atoms with Crippen LogP contribution in [0.5, 0.6) is 11.5 Å². The number of aryl methyl sites for hydroxylation is 3. The second kappa shape index (κ2) is 9.46. The third-order valence-electron chi connectivity index (χ3n) is 6.08. The second-order valence-electron chi connectivity index (χ2n) is 8.51. The minimum Gasteiger partial charge on any atom is -0.493 e. The van der Waals surface area contributed by atoms with Crippen molar-refractivity contribution in [3.05, 3.63) is 88.6 Å². The van der Waals surface area contributed by atoms with Crippen LogP contribution in [0.4, 0.5) is 0 Å². The number of amides is 1. The highest BCUT2D eigenvalue weighted by Crippen LogP contribution is 2.35. The second-order valence-corrected chi connectivity index (χ2v) is 10.2. The van der Waals surface area contributed by atoms with Gasteiger partial charge in [-0.3, -0.25) is 4.79 Å². The number of ether oxygens (including phenoxy) is 2. The molecule has 0 saturated heterocycles. The van der Waals surface area contributed by atoms with Crippen molar-refractivity contribution in [1.82, 2.24) is 9.29 Å². The van der Waals surface area contributed by atoms with Gasteiger partial charge < -0.3 is 14.0 Å². The number of benzene rings is 3. The molecule has 0 spiro atoms. The molecule has 0 radical (unpaired) electrons. The van der Waals surface area contributed by atoms with E-state index in [1.165, 1.54) is 12.1 Å². The standard InChI is InChI=1S/C27H28N2O5S/c1-17-11-18(2)22(19(3)12-17)16-29-23-15-26(34-5)25(33-4)14-20(23)13-24(29)27(30)28-35(31,32)21-9-7-6-8-10-21/h6-15H,16H2,1-5H3,(H,28,30). The summed E-state index contributed by atoms with van der Waals surface area (Å²) in [6.07, 6.45) is 0. The van der Waals surface area contributed by atoms with Crippen LogP contribution in [-0.2, 0) is 16.6 Å². The number of rotatable bonds is 7. The number of methoxy groups -OCH3 is 2. The Morgan fingerprint density at radius 2 is 1.49 bits per heavy atom. The maximum atomic E-state index is 13.4. The molecule has 1 heterocycles. The quantitative estimate of drug-likeness (QED) is 0.402. The summed E-state index contributed by atoms with van der Waals surface area (Å²) in [5, 5.41) is 0.729. The van der Waals surface area contributed by atoms with Crippen LogP contribution in [0.3, 0.4) is 0 Å². The largest absolute Gasteiger partial charge is 0.493 e. The molecule has 1 N–H and O–H groups in total. The molecule has 1 aromatic heterocycles. The zero-order valence-corrected chi connectivity index (χ0v) is 21.2. The maximum Gasteiger partial charge on any atom is 0.281 e. The first-order valence-corrected chi connectivity index (χ1v) is 12.6. The number of aromatic nitrogens is 1. The van der Waals surface area contributed by atoms with E-state index in [1.807, 2.05) is 25.3 Å². The van der Waals surface area contributed by atoms with Crippen LogP contribution in [0.2, 0.25) is 0 Å². The predicted molar refractivity (Wildman–Crippen MR) is 136 cm³/mol. The fourth-order valence-corrected chi connectivity index (χ4v) is 5.38. The number of carbonyl (C=O) groups excluding carboxylic acids is 1. The van der Waals surface area contributed by atoms with Crippen molar-refractivity contribution in [3.63, 3.8) is 0 Å². The third kappa shape index (κ3) is 4.74. The lowest BCUT2D eigenvalue weighted by molar-refractivity contribution is 0.0973. The molecule has 0 aliphatic carbocycles. The first kappa shape index (κ1) is 24.3. The van der Waals surface area contributed by atoms with Gasteiger partial charge in [0.05, 0.1) is 24.6 Å². The lowest BCUT2D eigenvalue weighted by Gasteiger charge is -2.16. The lowest BCUT2D eigenvalue weighted by Crippen LogP contribution is -2.32. The van der Waals surface area contributed by atoms with Crippen molar-refractivity contribution < 1.29 is 22.7 Å². The fourth-order valence-electron chi connectivity index (χ4n) is 4.40. The van der Waals surface area contributed by atoms with Gasteiger partial charge in [-0.2, -0.15) is 0 Å². The van der Waals surface area contributed by atoms with Gasteiger partial charge in [-0.05, 0) is 61.7 Å². The van der Waals surface area contributed by atoms with Gasteiger partial charge in [-0.1, -0.05) is 35.9 Å². The fraction of sp³-hybridized carbons (Fsp3) is 0.222. The number of hydrogen-bond acceptors (Lipinski definition) is 5. The van der Waals surface area contributed by atoms with E-state index in [9.17, 15) is 13.2 Å². The van der Waals surface area contributed by atoms with Crippen LogP contribution >= 0.6 is 0 Å². The zero-order chi connectivity index (χ0) is 25.3. The molecule has 0 bridgehead atoms. The summed E-state index contributed by atoms with van der Waals surface area (Å²) in [6.45, 7) is 6.48. The molecule has 8 heteroatoms. The van der Waals surface area contributed by atoms with Crippen LogP contribution in [0.25, 0.3) is 10.9 Å². The molecule has 0 atom stereocenters. The van der Waals surface area contributed by atoms with Gasteiger partial charge in [0.25, 0.3) is 15.9 Å². The van der Waals surface area contributed by atoms with Gasteiger partial charge in [-0.25, -0.2) is 13.1 Å². The molecule has 7 nitrogen and oxygen atoms in total. The van der Waals surface area contributed by atoms with E-state index in [4.69, 9.17) is 9.47 Å². The number of nitrogens with zero attached hydrogens (tertiary/aromatic N) is 1. The average molecular weight is 493 g/mol. The Morgan fingerprint density at radius 1 is 0.886 bits per heavy atom. The first-order chi connectivity index (χ1) is 16.6. The van der Waals surface area contributed by atoms with Gasteiger partial charge in [0.2, 0.25) is 0 Å². The highest BCUT2D eigenvalue weighted by atomic mass is 32.2. The van der Waals surface area contributed by atoms with Crippen molar-refractivity contribution >= 4 is 26.8 Å². The molecule has 35 heavy (non-hydrogen) atoms. The van der Waals surface area contributed by atoms with E-state index in [0.29, 0.717) is 18.0 Å². The Hall–Kier alpha value is -3.78. The molecule has 0 fully saturated rings. The summed E-state index contributed by atoms with van der Waals surface area (Å²) in [5.41, 5.74) is 5.34. The van der Waals surface area contributed by atoms with Crippen molar-refractivity contribution in [1.29, 1.82) is 0 Å². The Bertz CT molecular complexity index is 1500. The molecule has 3 aromatic carbocycles. The molecule has 0 aliphatic rings. The van der Waals surface area contributed by atoms with Crippen molar-refractivity contribution in [2.24, 2.45) is 0 Å². The zero-order valence-electron chi connectivity index (χ0n) is 20.4. The minimum atomic E-state index is -4.04. The van der Waals surface area contributed by atoms with Gasteiger partial charge in [0.1, 0.15) is 5.69 Å². The van der Waals surface area contributed by atoms with Gasteiger partial charge in [0.15, 0.2) is 11.5 Å². The summed E-state index contributed by atoms with van der Waals surface area (Å²) in [6, 6.07) is 17.3. The Balaban J connectivity index is 1.87. The Morgan fingerprint density at radius 3 is 2.09 bits per heavy atom. The Labute approximate surface area is 205 Å². The normalized spacial score (nSPS) is 11.5. The highest BCUT2D eigenvalue weighted by molar-refractivity contribution is 7.90. The van der Waals surface area contributed by atoms with Crippen molar-refractivity contribution in [2.75, 3.05) is 14.2 Å². The smallest absolute Gasteiger partial charge is 0.281 e. The average Bonchev–Trinajstić information content (AvgIpc) is 3.18. The van der Waals surface area contributed by atoms with Crippen LogP contribution < -0.4 is 14.2 Å². The monoisotopic (exact) mass is 492 g/mol. The number of carbonyl (C=O) groups is 1. The number of hydrogen-bond donors (Lipinski definition) is 1. The molecule has 0 aliphatic heterocycles. The third-order valence-corrected chi connectivity index (χ3v) is 7.42. The van der Waals surface area contributed by atoms with E-state index in [0.717, 1.165) is 33.2 Å². The molecular formula is C27H28N2O5S. The topological polar surface area (TPSA) is 86.6 Å². The summed E-state index contributed by atoms with van der Waals surface area (Å²) in [5.74, 6) is 0.315. The van der Waals surface area contributed by atoms with Crippen LogP contribution in [0.1, 0.15) is 32.7 Å². The van der Waals surface area contributed by atoms with Crippen LogP contribution in [0, 0.1) is 20.8 Å². The van der Waals surface area contributed by atoms with Crippen LogP contribution in [0.15, 0.2) is 65.6 Å². The van der Waals surface area contributed by atoms with E-state index in [1.54, 1.807) is 50.6 Å². The van der Waals surface area contributed by atoms with E-state index >= 15 is 0 Å². The van der Waals surface area contributed by atoms with Gasteiger partial charge in [-0.15, -0.1) is 0 Å². The molecule has 4 rings (SSSR count). The molecule has 0 unspecified atom stereocenters. The minimum absolute atomic E-state index is 0.0181. The van der Waals surface area contributed by atoms with Crippen LogP contribution in [-0.4, -0.2) is 33.1 Å². The predicted octanol–water partition coefficient (Wildman–Crippen LogP) is 4.75. The van der Waals surface area contributed by atoms with Crippen molar-refractivity contribution in [2.45, 2.75) is 32.2 Å². The molecule has 182 valence electrons. The van der Waals surface area contributed by atoms with E-state index in [-0.39, 0.29) is 10.6 Å². The number of nitrogens with one attached hydrogen (secondary N) is 1. The summed E-state index contributed by atoms with van der Waals surface area (Å²) < 4.78 is 40.7. The molecular weight excluding hydrogens is 464 g/mol. The highest BCUT2D eigenvalue weighted by Gasteiger charge is 2.24. The SMILES string of the molecule is COc1cc2cc(C(=O)NS(=O)(=O)c3ccccc3)n(Cc3c(C)cc(C)cc3C)c2cc1OC. The van der Waals surface area contributed by atoms with Gasteiger partial charge in [0, 0.05) is 18.0 Å². The summed E-state index contributed by atoms with van der Waals surface area (Å²) in [7, 11) is -0.956. The van der Waals surface area contributed by atoms with E-state index < -0.39 is 15.9 Å². The summed E-state index contributed by atoms with van der Waals surface area (Å²) in [4.78, 5) is 13.4. The number of fused-ring (bicyclic) bond motifs is 1. The Kier molecular flexibility index (Phi) is 6.58. The maximum absolute atomic E-state index is 13.4. The molecule has 0 saturated carbocycles. The van der Waals surface area contributed by atoms with Gasteiger partial charge >= 0.3 is 0 Å². The van der Waals surface area contributed by atoms with E-state index in [2.05, 4.69) is 16.9 Å². The lowest BCUT2D eigenvalue weighted by atomic mass is 9.99. The molecule has 4 aromatic rings. The number of sulfonamides is 1. The first-order valence-electron chi connectivity index (χ1n) is 11.1.